The molecule has 0 bridgehead atoms. The van der Waals surface area contributed by atoms with Gasteiger partial charge in [0.05, 0.1) is 0 Å². The van der Waals surface area contributed by atoms with E-state index in [0.29, 0.717) is 0 Å². The van der Waals surface area contributed by atoms with Crippen molar-refractivity contribution in [3.8, 4) is 5.75 Å². The molecule has 0 aromatic heterocycles. The zero-order valence-corrected chi connectivity index (χ0v) is 13.0. The third kappa shape index (κ3) is 2.69. The van der Waals surface area contributed by atoms with Crippen molar-refractivity contribution in [3.63, 3.8) is 0 Å². The second-order valence-electron chi connectivity index (χ2n) is 7.22. The summed E-state index contributed by atoms with van der Waals surface area (Å²) in [6.45, 7) is 3.32. The fourth-order valence-electron chi connectivity index (χ4n) is 3.78. The predicted molar refractivity (Wildman–Crippen MR) is 84.7 cm³/mol. The molecule has 1 N–H and O–H groups in total. The Hall–Kier alpha value is -1.06. The van der Waals surface area contributed by atoms with Crippen molar-refractivity contribution in [2.45, 2.75) is 56.7 Å². The van der Waals surface area contributed by atoms with Gasteiger partial charge in [-0.1, -0.05) is 18.6 Å². The quantitative estimate of drug-likeness (QED) is 0.924. The number of hydrogen-bond donors (Lipinski definition) is 1. The van der Waals surface area contributed by atoms with Gasteiger partial charge in [0, 0.05) is 44.9 Å². The number of likely N-dealkylation sites (tertiary alicyclic amines) is 1. The van der Waals surface area contributed by atoms with Crippen LogP contribution in [-0.2, 0) is 13.0 Å². The maximum absolute atomic E-state index is 6.35. The van der Waals surface area contributed by atoms with Crippen LogP contribution < -0.4 is 10.1 Å². The van der Waals surface area contributed by atoms with E-state index in [1.54, 1.807) is 0 Å². The zero-order valence-electron chi connectivity index (χ0n) is 13.0. The lowest BCUT2D eigenvalue weighted by Crippen LogP contribution is -2.45. The first-order valence-corrected chi connectivity index (χ1v) is 8.45. The lowest BCUT2D eigenvalue weighted by Gasteiger charge is -2.37. The molecule has 2 heterocycles. The minimum absolute atomic E-state index is 0.0921. The number of benzene rings is 1. The van der Waals surface area contributed by atoms with Crippen LogP contribution >= 0.6 is 0 Å². The number of ether oxygens (including phenoxy) is 1. The summed E-state index contributed by atoms with van der Waals surface area (Å²) in [5.41, 5.74) is 2.93. The molecule has 0 amide bonds. The van der Waals surface area contributed by atoms with Crippen molar-refractivity contribution < 1.29 is 4.74 Å². The summed E-state index contributed by atoms with van der Waals surface area (Å²) < 4.78 is 6.35. The highest BCUT2D eigenvalue weighted by Gasteiger charge is 2.41. The highest BCUT2D eigenvalue weighted by molar-refractivity contribution is 5.42. The van der Waals surface area contributed by atoms with Crippen LogP contribution in [0, 0.1) is 0 Å². The van der Waals surface area contributed by atoms with E-state index in [1.165, 1.54) is 30.4 Å². The van der Waals surface area contributed by atoms with Crippen LogP contribution in [-0.4, -0.2) is 36.7 Å². The number of fused-ring (bicyclic) bond motifs is 1. The van der Waals surface area contributed by atoms with Crippen LogP contribution in [0.5, 0.6) is 5.75 Å². The number of nitrogens with zero attached hydrogens (tertiary/aromatic N) is 1. The van der Waals surface area contributed by atoms with Crippen LogP contribution in [0.4, 0.5) is 0 Å². The van der Waals surface area contributed by atoms with Crippen LogP contribution in [0.3, 0.4) is 0 Å². The van der Waals surface area contributed by atoms with E-state index in [9.17, 15) is 0 Å². The van der Waals surface area contributed by atoms with Crippen molar-refractivity contribution >= 4 is 0 Å². The Kier molecular flexibility index (Phi) is 3.43. The Balaban J connectivity index is 1.43. The summed E-state index contributed by atoms with van der Waals surface area (Å²) in [6, 6.07) is 7.56. The van der Waals surface area contributed by atoms with Gasteiger partial charge in [-0.3, -0.25) is 0 Å². The molecule has 2 fully saturated rings. The van der Waals surface area contributed by atoms with Gasteiger partial charge in [-0.2, -0.15) is 0 Å². The monoisotopic (exact) mass is 286 g/mol. The second-order valence-corrected chi connectivity index (χ2v) is 7.22. The lowest BCUT2D eigenvalue weighted by atomic mass is 9.87. The van der Waals surface area contributed by atoms with Crippen molar-refractivity contribution in [2.24, 2.45) is 0 Å². The average molecular weight is 286 g/mol. The molecule has 0 radical (unpaired) electrons. The maximum atomic E-state index is 6.35. The third-order valence-electron chi connectivity index (χ3n) is 5.56. The fraction of sp³-hybridized carbons (Fsp3) is 0.667. The Morgan fingerprint density at radius 1 is 1.29 bits per heavy atom. The molecule has 1 saturated heterocycles. The van der Waals surface area contributed by atoms with E-state index in [0.717, 1.165) is 50.7 Å². The summed E-state index contributed by atoms with van der Waals surface area (Å²) >= 11 is 0. The lowest BCUT2D eigenvalue weighted by molar-refractivity contribution is 0.0271. The van der Waals surface area contributed by atoms with Crippen molar-refractivity contribution in [1.29, 1.82) is 0 Å². The highest BCUT2D eigenvalue weighted by Crippen LogP contribution is 2.41. The Morgan fingerprint density at radius 3 is 2.81 bits per heavy atom. The molecule has 3 heteroatoms. The molecule has 1 saturated carbocycles. The average Bonchev–Trinajstić information content (AvgIpc) is 2.78. The van der Waals surface area contributed by atoms with Crippen LogP contribution in [0.25, 0.3) is 0 Å². The topological polar surface area (TPSA) is 24.5 Å². The van der Waals surface area contributed by atoms with Crippen molar-refractivity contribution in [2.75, 3.05) is 20.1 Å². The van der Waals surface area contributed by atoms with E-state index >= 15 is 0 Å². The first kappa shape index (κ1) is 13.6. The SMILES string of the molecule is CN1CCC2(CC1)Cc1cc(CNC3CCC3)ccc1O2. The molecule has 3 aliphatic rings. The summed E-state index contributed by atoms with van der Waals surface area (Å²) in [5, 5.41) is 3.66. The standard InChI is InChI=1S/C18H26N2O/c1-20-9-7-18(8-10-20)12-15-11-14(5-6-17(15)21-18)13-19-16-3-2-4-16/h5-6,11,16,19H,2-4,7-10,12-13H2,1H3. The molecule has 3 nitrogen and oxygen atoms in total. The van der Waals surface area contributed by atoms with Gasteiger partial charge >= 0.3 is 0 Å². The molecule has 1 aromatic rings. The molecule has 0 atom stereocenters. The van der Waals surface area contributed by atoms with Gasteiger partial charge in [0.1, 0.15) is 11.4 Å². The van der Waals surface area contributed by atoms with Gasteiger partial charge < -0.3 is 15.0 Å². The van der Waals surface area contributed by atoms with E-state index in [-0.39, 0.29) is 5.60 Å². The van der Waals surface area contributed by atoms with Crippen LogP contribution in [0.15, 0.2) is 18.2 Å². The van der Waals surface area contributed by atoms with E-state index in [4.69, 9.17) is 4.74 Å². The van der Waals surface area contributed by atoms with Gasteiger partial charge in [-0.25, -0.2) is 0 Å². The van der Waals surface area contributed by atoms with Gasteiger partial charge in [-0.15, -0.1) is 0 Å². The first-order chi connectivity index (χ1) is 10.2. The second kappa shape index (κ2) is 5.29. The summed E-state index contributed by atoms with van der Waals surface area (Å²) in [6.07, 6.45) is 7.52. The number of rotatable bonds is 3. The van der Waals surface area contributed by atoms with E-state index in [1.807, 2.05) is 0 Å². The Labute approximate surface area is 127 Å². The normalized spacial score (nSPS) is 24.6. The smallest absolute Gasteiger partial charge is 0.123 e. The molecule has 4 rings (SSSR count). The van der Waals surface area contributed by atoms with Gasteiger partial charge in [0.15, 0.2) is 0 Å². The molecular weight excluding hydrogens is 260 g/mol. The molecule has 1 aromatic carbocycles. The van der Waals surface area contributed by atoms with E-state index in [2.05, 4.69) is 35.5 Å². The predicted octanol–water partition coefficient (Wildman–Crippen LogP) is 2.73. The summed E-state index contributed by atoms with van der Waals surface area (Å²) in [7, 11) is 2.21. The van der Waals surface area contributed by atoms with Gasteiger partial charge in [-0.05, 0) is 37.1 Å². The molecular formula is C18H26N2O. The number of hydrogen-bond acceptors (Lipinski definition) is 3. The van der Waals surface area contributed by atoms with Crippen molar-refractivity contribution in [1.82, 2.24) is 10.2 Å². The summed E-state index contributed by atoms with van der Waals surface area (Å²) in [5.74, 6) is 1.13. The van der Waals surface area contributed by atoms with Crippen molar-refractivity contribution in [3.05, 3.63) is 29.3 Å². The maximum Gasteiger partial charge on any atom is 0.123 e. The van der Waals surface area contributed by atoms with Crippen LogP contribution in [0.1, 0.15) is 43.2 Å². The highest BCUT2D eigenvalue weighted by atomic mass is 16.5. The van der Waals surface area contributed by atoms with Crippen LogP contribution in [0.2, 0.25) is 0 Å². The third-order valence-corrected chi connectivity index (χ3v) is 5.56. The first-order valence-electron chi connectivity index (χ1n) is 8.45. The zero-order chi connectivity index (χ0) is 14.3. The molecule has 114 valence electrons. The number of piperidine rings is 1. The summed E-state index contributed by atoms with van der Waals surface area (Å²) in [4.78, 5) is 2.41. The molecule has 21 heavy (non-hydrogen) atoms. The number of nitrogens with one attached hydrogen (secondary N) is 1. The molecule has 0 unspecified atom stereocenters. The molecule has 1 spiro atoms. The largest absolute Gasteiger partial charge is 0.487 e. The minimum atomic E-state index is 0.0921. The molecule has 2 aliphatic heterocycles. The van der Waals surface area contributed by atoms with Gasteiger partial charge in [0.2, 0.25) is 0 Å². The van der Waals surface area contributed by atoms with E-state index < -0.39 is 0 Å². The Morgan fingerprint density at radius 2 is 2.10 bits per heavy atom. The van der Waals surface area contributed by atoms with Gasteiger partial charge in [0.25, 0.3) is 0 Å². The fourth-order valence-corrected chi connectivity index (χ4v) is 3.78. The molecule has 1 aliphatic carbocycles. The minimum Gasteiger partial charge on any atom is -0.487 e. The Bertz CT molecular complexity index is 516.